The number of carbonyl (C=O) groups excluding carboxylic acids is 2. The van der Waals surface area contributed by atoms with Crippen LogP contribution in [0.3, 0.4) is 0 Å². The van der Waals surface area contributed by atoms with Crippen molar-refractivity contribution in [1.29, 1.82) is 0 Å². The van der Waals surface area contributed by atoms with Crippen LogP contribution in [0.5, 0.6) is 0 Å². The van der Waals surface area contributed by atoms with Crippen LogP contribution in [-0.4, -0.2) is 28.3 Å². The van der Waals surface area contributed by atoms with Crippen molar-refractivity contribution in [1.82, 2.24) is 15.3 Å². The van der Waals surface area contributed by atoms with E-state index in [0.29, 0.717) is 28.9 Å². The molecule has 0 saturated carbocycles. The fourth-order valence-electron chi connectivity index (χ4n) is 3.15. The average Bonchev–Trinajstić information content (AvgIpc) is 2.80. The minimum absolute atomic E-state index is 0.264. The Morgan fingerprint density at radius 2 is 1.60 bits per heavy atom. The maximum atomic E-state index is 12.7. The van der Waals surface area contributed by atoms with Gasteiger partial charge in [0.2, 0.25) is 0 Å². The lowest BCUT2D eigenvalue weighted by atomic mass is 10.1. The lowest BCUT2D eigenvalue weighted by Gasteiger charge is -2.09. The molecule has 6 nitrogen and oxygen atoms in total. The molecular weight excluding hydrogens is 376 g/mol. The summed E-state index contributed by atoms with van der Waals surface area (Å²) in [6, 6.07) is 20.8. The predicted molar refractivity (Wildman–Crippen MR) is 116 cm³/mol. The van der Waals surface area contributed by atoms with Gasteiger partial charge in [-0.05, 0) is 30.2 Å². The molecule has 0 fully saturated rings. The molecule has 4 rings (SSSR count). The Morgan fingerprint density at radius 1 is 0.833 bits per heavy atom. The zero-order valence-electron chi connectivity index (χ0n) is 16.2. The smallest absolute Gasteiger partial charge is 0.257 e. The Labute approximate surface area is 174 Å². The van der Waals surface area contributed by atoms with Crippen molar-refractivity contribution in [2.45, 2.75) is 6.42 Å². The molecule has 2 heterocycles. The summed E-state index contributed by atoms with van der Waals surface area (Å²) in [5, 5.41) is 6.66. The van der Waals surface area contributed by atoms with E-state index in [2.05, 4.69) is 20.6 Å². The van der Waals surface area contributed by atoms with Gasteiger partial charge in [-0.15, -0.1) is 0 Å². The molecule has 0 unspecified atom stereocenters. The van der Waals surface area contributed by atoms with Gasteiger partial charge in [-0.1, -0.05) is 48.5 Å². The molecule has 6 heteroatoms. The van der Waals surface area contributed by atoms with Gasteiger partial charge in [-0.2, -0.15) is 0 Å². The second-order valence-corrected chi connectivity index (χ2v) is 6.79. The van der Waals surface area contributed by atoms with Gasteiger partial charge in [0.25, 0.3) is 11.8 Å². The first-order chi connectivity index (χ1) is 14.7. The summed E-state index contributed by atoms with van der Waals surface area (Å²) in [6.07, 6.45) is 5.30. The Bertz CT molecular complexity index is 1190. The first-order valence-electron chi connectivity index (χ1n) is 9.63. The topological polar surface area (TPSA) is 84.0 Å². The Morgan fingerprint density at radius 3 is 2.43 bits per heavy atom. The van der Waals surface area contributed by atoms with Gasteiger partial charge >= 0.3 is 0 Å². The van der Waals surface area contributed by atoms with E-state index in [9.17, 15) is 9.59 Å². The van der Waals surface area contributed by atoms with Crippen molar-refractivity contribution in [3.63, 3.8) is 0 Å². The van der Waals surface area contributed by atoms with Crippen LogP contribution in [0.4, 0.5) is 5.69 Å². The fourth-order valence-corrected chi connectivity index (χ4v) is 3.15. The number of benzene rings is 2. The predicted octanol–water partition coefficient (Wildman–Crippen LogP) is 3.85. The number of rotatable bonds is 6. The van der Waals surface area contributed by atoms with Gasteiger partial charge in [0, 0.05) is 30.5 Å². The normalized spacial score (nSPS) is 10.5. The molecule has 0 aliphatic rings. The number of nitrogens with one attached hydrogen (secondary N) is 2. The SMILES string of the molecule is O=C(NCCc1ccccc1)c1cncc(C(=O)Nc2cccc3cccnc23)c1. The second-order valence-electron chi connectivity index (χ2n) is 6.79. The number of aromatic nitrogens is 2. The molecule has 0 aliphatic carbocycles. The second kappa shape index (κ2) is 8.96. The van der Waals surface area contributed by atoms with Gasteiger partial charge < -0.3 is 10.6 Å². The van der Waals surface area contributed by atoms with E-state index in [4.69, 9.17) is 0 Å². The lowest BCUT2D eigenvalue weighted by molar-refractivity contribution is 0.0953. The Kier molecular flexibility index (Phi) is 5.75. The third-order valence-electron chi connectivity index (χ3n) is 4.69. The molecule has 2 aromatic heterocycles. The first kappa shape index (κ1) is 19.3. The number of fused-ring (bicyclic) bond motifs is 1. The van der Waals surface area contributed by atoms with E-state index in [-0.39, 0.29) is 11.8 Å². The minimum Gasteiger partial charge on any atom is -0.352 e. The molecule has 0 aliphatic heterocycles. The highest BCUT2D eigenvalue weighted by Gasteiger charge is 2.13. The van der Waals surface area contributed by atoms with Crippen LogP contribution < -0.4 is 10.6 Å². The van der Waals surface area contributed by atoms with Crippen molar-refractivity contribution in [3.8, 4) is 0 Å². The van der Waals surface area contributed by atoms with Gasteiger partial charge in [-0.25, -0.2) is 0 Å². The minimum atomic E-state index is -0.348. The van der Waals surface area contributed by atoms with Crippen LogP contribution in [0.2, 0.25) is 0 Å². The van der Waals surface area contributed by atoms with Crippen LogP contribution in [0.15, 0.2) is 85.3 Å². The molecule has 0 bridgehead atoms. The average molecular weight is 396 g/mol. The number of pyridine rings is 2. The Hall–Kier alpha value is -4.06. The molecule has 30 heavy (non-hydrogen) atoms. The number of nitrogens with zero attached hydrogens (tertiary/aromatic N) is 2. The molecule has 2 N–H and O–H groups in total. The molecular formula is C24H20N4O2. The lowest BCUT2D eigenvalue weighted by Crippen LogP contribution is -2.26. The number of hydrogen-bond acceptors (Lipinski definition) is 4. The highest BCUT2D eigenvalue weighted by Crippen LogP contribution is 2.21. The van der Waals surface area contributed by atoms with E-state index in [1.165, 1.54) is 12.4 Å². The standard InChI is InChI=1S/C24H20N4O2/c29-23(27-13-11-17-6-2-1-3-7-17)19-14-20(16-25-15-19)24(30)28-21-10-4-8-18-9-5-12-26-22(18)21/h1-10,12,14-16H,11,13H2,(H,27,29)(H,28,30). The van der Waals surface area contributed by atoms with Crippen LogP contribution in [0, 0.1) is 0 Å². The molecule has 2 aromatic carbocycles. The maximum absolute atomic E-state index is 12.7. The van der Waals surface area contributed by atoms with Crippen molar-refractivity contribution in [3.05, 3.63) is 102 Å². The zero-order chi connectivity index (χ0) is 20.8. The van der Waals surface area contributed by atoms with Crippen molar-refractivity contribution in [2.24, 2.45) is 0 Å². The first-order valence-corrected chi connectivity index (χ1v) is 9.63. The summed E-state index contributed by atoms with van der Waals surface area (Å²) in [5.41, 5.74) is 3.10. The van der Waals surface area contributed by atoms with E-state index < -0.39 is 0 Å². The van der Waals surface area contributed by atoms with Gasteiger partial charge in [0.05, 0.1) is 22.3 Å². The number of amides is 2. The summed E-state index contributed by atoms with van der Waals surface area (Å²) in [4.78, 5) is 33.6. The molecule has 148 valence electrons. The highest BCUT2D eigenvalue weighted by molar-refractivity contribution is 6.09. The zero-order valence-corrected chi connectivity index (χ0v) is 16.2. The number of hydrogen-bond donors (Lipinski definition) is 2. The van der Waals surface area contributed by atoms with E-state index in [0.717, 1.165) is 17.4 Å². The fraction of sp³-hybridized carbons (Fsp3) is 0.0833. The molecule has 0 atom stereocenters. The molecule has 0 saturated heterocycles. The monoisotopic (exact) mass is 396 g/mol. The van der Waals surface area contributed by atoms with Crippen LogP contribution >= 0.6 is 0 Å². The molecule has 4 aromatic rings. The third kappa shape index (κ3) is 4.50. The summed E-state index contributed by atoms with van der Waals surface area (Å²) in [6.45, 7) is 0.501. The van der Waals surface area contributed by atoms with Crippen LogP contribution in [-0.2, 0) is 6.42 Å². The van der Waals surface area contributed by atoms with Crippen molar-refractivity contribution < 1.29 is 9.59 Å². The largest absolute Gasteiger partial charge is 0.352 e. The van der Waals surface area contributed by atoms with Crippen LogP contribution in [0.1, 0.15) is 26.3 Å². The number of carbonyl (C=O) groups is 2. The van der Waals surface area contributed by atoms with Gasteiger partial charge in [0.1, 0.15) is 0 Å². The van der Waals surface area contributed by atoms with Crippen molar-refractivity contribution in [2.75, 3.05) is 11.9 Å². The molecule has 0 spiro atoms. The number of anilines is 1. The summed E-state index contributed by atoms with van der Waals surface area (Å²) < 4.78 is 0. The van der Waals surface area contributed by atoms with Gasteiger partial charge in [-0.3, -0.25) is 19.6 Å². The van der Waals surface area contributed by atoms with Crippen molar-refractivity contribution >= 4 is 28.4 Å². The Balaban J connectivity index is 1.43. The third-order valence-corrected chi connectivity index (χ3v) is 4.69. The quantitative estimate of drug-likeness (QED) is 0.518. The summed E-state index contributed by atoms with van der Waals surface area (Å²) in [7, 11) is 0. The van der Waals surface area contributed by atoms with E-state index in [1.54, 1.807) is 18.3 Å². The van der Waals surface area contributed by atoms with E-state index >= 15 is 0 Å². The highest BCUT2D eigenvalue weighted by atomic mass is 16.2. The molecule has 2 amide bonds. The van der Waals surface area contributed by atoms with Gasteiger partial charge in [0.15, 0.2) is 0 Å². The summed E-state index contributed by atoms with van der Waals surface area (Å²) >= 11 is 0. The maximum Gasteiger partial charge on any atom is 0.257 e. The van der Waals surface area contributed by atoms with E-state index in [1.807, 2.05) is 54.6 Å². The number of para-hydroxylation sites is 1. The molecule has 0 radical (unpaired) electrons. The van der Waals surface area contributed by atoms with Crippen LogP contribution in [0.25, 0.3) is 10.9 Å². The summed E-state index contributed by atoms with van der Waals surface area (Å²) in [5.74, 6) is -0.612.